The van der Waals surface area contributed by atoms with Crippen LogP contribution in [0.2, 0.25) is 0 Å². The van der Waals surface area contributed by atoms with Crippen molar-refractivity contribution in [1.29, 1.82) is 0 Å². The third kappa shape index (κ3) is 1.21. The van der Waals surface area contributed by atoms with Gasteiger partial charge in [0, 0.05) is 20.6 Å². The van der Waals surface area contributed by atoms with Gasteiger partial charge in [0.1, 0.15) is 0 Å². The number of cyclic esters (lactones) is 1. The van der Waals surface area contributed by atoms with Crippen LogP contribution in [0.15, 0.2) is 0 Å². The highest BCUT2D eigenvalue weighted by Gasteiger charge is 2.47. The van der Waals surface area contributed by atoms with E-state index in [0.29, 0.717) is 0 Å². The van der Waals surface area contributed by atoms with Crippen molar-refractivity contribution in [2.45, 2.75) is 12.2 Å². The Bertz CT molecular complexity index is 206. The normalized spacial score (nSPS) is 22.2. The summed E-state index contributed by atoms with van der Waals surface area (Å²) < 4.78 is 14.2. The molecule has 0 bridgehead atoms. The van der Waals surface area contributed by atoms with Crippen LogP contribution in [-0.2, 0) is 23.8 Å². The number of rotatable bonds is 2. The lowest BCUT2D eigenvalue weighted by atomic mass is 10.1. The van der Waals surface area contributed by atoms with Crippen LogP contribution in [-0.4, -0.2) is 38.4 Å². The average Bonchev–Trinajstić information content (AvgIpc) is 2.11. The number of ether oxygens (including phenoxy) is 3. The largest absolute Gasteiger partial charge is 0.460 e. The van der Waals surface area contributed by atoms with Gasteiger partial charge in [-0.15, -0.1) is 0 Å². The van der Waals surface area contributed by atoms with Gasteiger partial charge in [-0.3, -0.25) is 4.79 Å². The first-order valence-corrected chi connectivity index (χ1v) is 3.48. The monoisotopic (exact) mass is 174 g/mol. The van der Waals surface area contributed by atoms with Gasteiger partial charge in [0.2, 0.25) is 5.79 Å². The zero-order valence-electron chi connectivity index (χ0n) is 6.96. The molecule has 0 spiro atoms. The standard InChI is InChI=1S/C7H10O5/c1-10-7(11-2)3-4-12-6(9)5(7)8/h3-4H2,1-2H3. The van der Waals surface area contributed by atoms with Crippen LogP contribution in [0, 0.1) is 0 Å². The maximum Gasteiger partial charge on any atom is 0.380 e. The lowest BCUT2D eigenvalue weighted by Gasteiger charge is -2.30. The molecule has 0 aromatic heterocycles. The molecule has 12 heavy (non-hydrogen) atoms. The van der Waals surface area contributed by atoms with Crippen molar-refractivity contribution in [3.63, 3.8) is 0 Å². The molecule has 1 aliphatic rings. The Morgan fingerprint density at radius 3 is 2.33 bits per heavy atom. The Labute approximate surface area is 69.6 Å². The third-order valence-corrected chi connectivity index (χ3v) is 1.86. The summed E-state index contributed by atoms with van der Waals surface area (Å²) in [5.41, 5.74) is 0. The van der Waals surface area contributed by atoms with E-state index in [1.165, 1.54) is 14.2 Å². The van der Waals surface area contributed by atoms with Gasteiger partial charge in [-0.25, -0.2) is 4.79 Å². The molecule has 5 nitrogen and oxygen atoms in total. The van der Waals surface area contributed by atoms with E-state index in [9.17, 15) is 9.59 Å². The molecule has 0 N–H and O–H groups in total. The molecule has 0 aromatic carbocycles. The topological polar surface area (TPSA) is 61.8 Å². The Balaban J connectivity index is 2.86. The summed E-state index contributed by atoms with van der Waals surface area (Å²) in [4.78, 5) is 22.0. The molecule has 0 saturated carbocycles. The second kappa shape index (κ2) is 3.20. The average molecular weight is 174 g/mol. The van der Waals surface area contributed by atoms with Crippen molar-refractivity contribution in [2.24, 2.45) is 0 Å². The molecule has 0 amide bonds. The molecule has 1 rings (SSSR count). The maximum absolute atomic E-state index is 11.2. The van der Waals surface area contributed by atoms with Crippen LogP contribution < -0.4 is 0 Å². The molecule has 1 aliphatic heterocycles. The van der Waals surface area contributed by atoms with E-state index in [4.69, 9.17) is 9.47 Å². The molecular weight excluding hydrogens is 164 g/mol. The van der Waals surface area contributed by atoms with Gasteiger partial charge < -0.3 is 14.2 Å². The number of hydrogen-bond acceptors (Lipinski definition) is 5. The van der Waals surface area contributed by atoms with E-state index in [1.54, 1.807) is 0 Å². The molecule has 1 heterocycles. The predicted molar refractivity (Wildman–Crippen MR) is 37.3 cm³/mol. The van der Waals surface area contributed by atoms with Gasteiger partial charge in [-0.05, 0) is 0 Å². The van der Waals surface area contributed by atoms with Crippen LogP contribution in [0.1, 0.15) is 6.42 Å². The van der Waals surface area contributed by atoms with Crippen LogP contribution in [0.4, 0.5) is 0 Å². The van der Waals surface area contributed by atoms with Gasteiger partial charge in [-0.2, -0.15) is 0 Å². The van der Waals surface area contributed by atoms with Crippen molar-refractivity contribution >= 4 is 11.8 Å². The minimum Gasteiger partial charge on any atom is -0.460 e. The van der Waals surface area contributed by atoms with Gasteiger partial charge in [-0.1, -0.05) is 0 Å². The minimum atomic E-state index is -1.42. The lowest BCUT2D eigenvalue weighted by Crippen LogP contribution is -2.51. The lowest BCUT2D eigenvalue weighted by molar-refractivity contribution is -0.227. The second-order valence-corrected chi connectivity index (χ2v) is 2.38. The first-order valence-electron chi connectivity index (χ1n) is 3.48. The summed E-state index contributed by atoms with van der Waals surface area (Å²) in [5, 5.41) is 0. The van der Waals surface area contributed by atoms with Crippen LogP contribution in [0.5, 0.6) is 0 Å². The summed E-state index contributed by atoms with van der Waals surface area (Å²) in [5.74, 6) is -3.10. The molecule has 0 radical (unpaired) electrons. The van der Waals surface area contributed by atoms with Gasteiger partial charge in [0.05, 0.1) is 6.61 Å². The molecule has 5 heteroatoms. The van der Waals surface area contributed by atoms with E-state index < -0.39 is 17.5 Å². The smallest absolute Gasteiger partial charge is 0.380 e. The molecule has 1 saturated heterocycles. The molecular formula is C7H10O5. The van der Waals surface area contributed by atoms with Gasteiger partial charge >= 0.3 is 5.97 Å². The molecule has 0 atom stereocenters. The van der Waals surface area contributed by atoms with Crippen molar-refractivity contribution in [1.82, 2.24) is 0 Å². The zero-order chi connectivity index (χ0) is 9.19. The Hall–Kier alpha value is -0.940. The summed E-state index contributed by atoms with van der Waals surface area (Å²) in [6.45, 7) is 0.145. The third-order valence-electron chi connectivity index (χ3n) is 1.86. The number of methoxy groups -OCH3 is 2. The molecule has 0 aliphatic carbocycles. The number of carbonyl (C=O) groups excluding carboxylic acids is 2. The highest BCUT2D eigenvalue weighted by molar-refractivity contribution is 6.36. The Morgan fingerprint density at radius 1 is 1.33 bits per heavy atom. The zero-order valence-corrected chi connectivity index (χ0v) is 6.96. The van der Waals surface area contributed by atoms with E-state index in [-0.39, 0.29) is 13.0 Å². The fourth-order valence-corrected chi connectivity index (χ4v) is 1.09. The van der Waals surface area contributed by atoms with E-state index in [2.05, 4.69) is 4.74 Å². The van der Waals surface area contributed by atoms with Crippen molar-refractivity contribution in [3.05, 3.63) is 0 Å². The van der Waals surface area contributed by atoms with Gasteiger partial charge in [0.15, 0.2) is 0 Å². The van der Waals surface area contributed by atoms with E-state index >= 15 is 0 Å². The fraction of sp³-hybridized carbons (Fsp3) is 0.714. The summed E-state index contributed by atoms with van der Waals surface area (Å²) >= 11 is 0. The number of hydrogen-bond donors (Lipinski definition) is 0. The maximum atomic E-state index is 11.2. The Morgan fingerprint density at radius 2 is 1.92 bits per heavy atom. The highest BCUT2D eigenvalue weighted by atomic mass is 16.7. The predicted octanol–water partition coefficient (Wildman–Crippen LogP) is -0.509. The Kier molecular flexibility index (Phi) is 2.44. The first kappa shape index (κ1) is 9.15. The highest BCUT2D eigenvalue weighted by Crippen LogP contribution is 2.22. The summed E-state index contributed by atoms with van der Waals surface area (Å²) in [6.07, 6.45) is 0.241. The minimum absolute atomic E-state index is 0.145. The van der Waals surface area contributed by atoms with E-state index in [1.807, 2.05) is 0 Å². The second-order valence-electron chi connectivity index (χ2n) is 2.38. The molecule has 68 valence electrons. The number of Topliss-reactive ketones (excluding diaryl/α,β-unsaturated/α-hetero) is 1. The van der Waals surface area contributed by atoms with Crippen molar-refractivity contribution in [3.8, 4) is 0 Å². The SMILES string of the molecule is COC1(OC)CCOC(=O)C1=O. The molecule has 0 aromatic rings. The van der Waals surface area contributed by atoms with Crippen LogP contribution >= 0.6 is 0 Å². The quantitative estimate of drug-likeness (QED) is 0.320. The van der Waals surface area contributed by atoms with E-state index in [0.717, 1.165) is 0 Å². The van der Waals surface area contributed by atoms with Crippen LogP contribution in [0.3, 0.4) is 0 Å². The molecule has 1 fully saturated rings. The van der Waals surface area contributed by atoms with Crippen molar-refractivity contribution in [2.75, 3.05) is 20.8 Å². The summed E-state index contributed by atoms with van der Waals surface area (Å²) in [7, 11) is 2.64. The first-order chi connectivity index (χ1) is 5.66. The summed E-state index contributed by atoms with van der Waals surface area (Å²) in [6, 6.07) is 0. The fourth-order valence-electron chi connectivity index (χ4n) is 1.09. The molecule has 0 unspecified atom stereocenters. The van der Waals surface area contributed by atoms with Gasteiger partial charge in [0.25, 0.3) is 5.78 Å². The number of ketones is 1. The van der Waals surface area contributed by atoms with Crippen molar-refractivity contribution < 1.29 is 23.8 Å². The number of carbonyl (C=O) groups is 2. The number of esters is 1. The van der Waals surface area contributed by atoms with Crippen LogP contribution in [0.25, 0.3) is 0 Å².